The Kier molecular flexibility index (Phi) is 5.53. The van der Waals surface area contributed by atoms with Gasteiger partial charge in [0.1, 0.15) is 13.2 Å². The molecule has 0 atom stereocenters. The fraction of sp³-hybridized carbons (Fsp3) is 0.238. The Balaban J connectivity index is 1.32. The molecule has 144 valence electrons. The molecule has 0 spiro atoms. The monoisotopic (exact) mass is 396 g/mol. The van der Waals surface area contributed by atoms with Crippen molar-refractivity contribution in [2.45, 2.75) is 11.8 Å². The first-order chi connectivity index (χ1) is 13.7. The van der Waals surface area contributed by atoms with Gasteiger partial charge in [-0.3, -0.25) is 4.79 Å². The highest BCUT2D eigenvalue weighted by molar-refractivity contribution is 7.99. The summed E-state index contributed by atoms with van der Waals surface area (Å²) in [5.41, 5.74) is 2.27. The molecule has 0 unspecified atom stereocenters. The molecule has 0 fully saturated rings. The highest BCUT2D eigenvalue weighted by Gasteiger charge is 2.17. The number of amides is 1. The highest BCUT2D eigenvalue weighted by atomic mass is 32.2. The summed E-state index contributed by atoms with van der Waals surface area (Å²) in [6.45, 7) is 3.66. The molecule has 1 amide bonds. The summed E-state index contributed by atoms with van der Waals surface area (Å²) in [6, 6.07) is 15.5. The quantitative estimate of drug-likeness (QED) is 0.502. The minimum Gasteiger partial charge on any atom is -0.486 e. The molecule has 0 saturated carbocycles. The van der Waals surface area contributed by atoms with Crippen LogP contribution in [0.25, 0.3) is 11.3 Å². The number of fused-ring (bicyclic) bond motifs is 1. The Morgan fingerprint density at radius 1 is 1.07 bits per heavy atom. The van der Waals surface area contributed by atoms with Crippen LogP contribution in [0.3, 0.4) is 0 Å². The number of ether oxygens (including phenoxy) is 2. The molecule has 2 heterocycles. The van der Waals surface area contributed by atoms with E-state index in [9.17, 15) is 4.79 Å². The van der Waals surface area contributed by atoms with Gasteiger partial charge in [0, 0.05) is 28.8 Å². The van der Waals surface area contributed by atoms with E-state index in [0.29, 0.717) is 37.0 Å². The third kappa shape index (κ3) is 4.31. The molecule has 1 aliphatic heterocycles. The lowest BCUT2D eigenvalue weighted by atomic mass is 10.1. The van der Waals surface area contributed by atoms with Gasteiger partial charge in [-0.2, -0.15) is 0 Å². The fourth-order valence-corrected chi connectivity index (χ4v) is 3.54. The second-order valence-electron chi connectivity index (χ2n) is 6.35. The Morgan fingerprint density at radius 2 is 1.86 bits per heavy atom. The predicted molar refractivity (Wildman–Crippen MR) is 107 cm³/mol. The maximum absolute atomic E-state index is 12.3. The van der Waals surface area contributed by atoms with E-state index in [1.807, 2.05) is 18.2 Å². The number of benzene rings is 2. The standard InChI is InChI=1S/C21H20N2O4S/c1-14-2-5-16(6-3-14)28-11-8-22-21(24)17-13-19(27-23-17)15-4-7-18-20(12-15)26-10-9-25-18/h2-7,12-13H,8-11H2,1H3,(H,22,24). The number of aromatic nitrogens is 1. The molecule has 1 N–H and O–H groups in total. The van der Waals surface area contributed by atoms with Gasteiger partial charge in [0.15, 0.2) is 23.0 Å². The van der Waals surface area contributed by atoms with E-state index in [1.54, 1.807) is 17.8 Å². The van der Waals surface area contributed by atoms with Crippen molar-refractivity contribution in [3.63, 3.8) is 0 Å². The van der Waals surface area contributed by atoms with E-state index in [1.165, 1.54) is 10.5 Å². The van der Waals surface area contributed by atoms with Crippen LogP contribution in [0.15, 0.2) is 57.9 Å². The van der Waals surface area contributed by atoms with Crippen LogP contribution >= 0.6 is 11.8 Å². The summed E-state index contributed by atoms with van der Waals surface area (Å²) < 4.78 is 16.4. The van der Waals surface area contributed by atoms with Crippen molar-refractivity contribution in [3.8, 4) is 22.8 Å². The fourth-order valence-electron chi connectivity index (χ4n) is 2.77. The maximum atomic E-state index is 12.3. The number of hydrogen-bond donors (Lipinski definition) is 1. The Hall–Kier alpha value is -2.93. The van der Waals surface area contributed by atoms with Gasteiger partial charge >= 0.3 is 0 Å². The molecular formula is C21H20N2O4S. The normalized spacial score (nSPS) is 12.6. The smallest absolute Gasteiger partial charge is 0.273 e. The van der Waals surface area contributed by atoms with E-state index in [2.05, 4.69) is 41.7 Å². The molecule has 6 nitrogen and oxygen atoms in total. The van der Waals surface area contributed by atoms with Crippen LogP contribution in [0.1, 0.15) is 16.1 Å². The van der Waals surface area contributed by atoms with Gasteiger partial charge in [-0.25, -0.2) is 0 Å². The van der Waals surface area contributed by atoms with Crippen molar-refractivity contribution >= 4 is 17.7 Å². The summed E-state index contributed by atoms with van der Waals surface area (Å²) in [4.78, 5) is 13.5. The second-order valence-corrected chi connectivity index (χ2v) is 7.52. The number of carbonyl (C=O) groups excluding carboxylic acids is 1. The molecule has 4 rings (SSSR count). The third-order valence-corrected chi connectivity index (χ3v) is 5.26. The average Bonchev–Trinajstić information content (AvgIpc) is 3.22. The van der Waals surface area contributed by atoms with Gasteiger partial charge < -0.3 is 19.3 Å². The van der Waals surface area contributed by atoms with Crippen LogP contribution in [-0.2, 0) is 0 Å². The predicted octanol–water partition coefficient (Wildman–Crippen LogP) is 3.94. The Bertz CT molecular complexity index is 969. The lowest BCUT2D eigenvalue weighted by Crippen LogP contribution is -2.25. The topological polar surface area (TPSA) is 73.6 Å². The number of hydrogen-bond acceptors (Lipinski definition) is 6. The van der Waals surface area contributed by atoms with Crippen LogP contribution < -0.4 is 14.8 Å². The molecule has 1 aromatic heterocycles. The molecule has 0 bridgehead atoms. The molecule has 0 saturated heterocycles. The zero-order valence-corrected chi connectivity index (χ0v) is 16.3. The molecule has 28 heavy (non-hydrogen) atoms. The van der Waals surface area contributed by atoms with Crippen LogP contribution in [0, 0.1) is 6.92 Å². The molecule has 0 radical (unpaired) electrons. The number of nitrogens with zero attached hydrogens (tertiary/aromatic N) is 1. The van der Waals surface area contributed by atoms with Crippen molar-refractivity contribution in [1.29, 1.82) is 0 Å². The zero-order valence-electron chi connectivity index (χ0n) is 15.4. The van der Waals surface area contributed by atoms with Crippen molar-refractivity contribution in [3.05, 3.63) is 59.8 Å². The molecule has 3 aromatic rings. The highest BCUT2D eigenvalue weighted by Crippen LogP contribution is 2.34. The first kappa shape index (κ1) is 18.4. The SMILES string of the molecule is Cc1ccc(SCCNC(=O)c2cc(-c3ccc4c(c3)OCCO4)on2)cc1. The first-order valence-corrected chi connectivity index (χ1v) is 10.0. The number of aryl methyl sites for hydroxylation is 1. The second kappa shape index (κ2) is 8.39. The third-order valence-electron chi connectivity index (χ3n) is 4.25. The Labute approximate surface area is 167 Å². The number of thioether (sulfide) groups is 1. The molecule has 1 aliphatic rings. The van der Waals surface area contributed by atoms with E-state index in [0.717, 1.165) is 11.3 Å². The van der Waals surface area contributed by atoms with E-state index in [-0.39, 0.29) is 11.6 Å². The van der Waals surface area contributed by atoms with Crippen molar-refractivity contribution in [2.24, 2.45) is 0 Å². The molecule has 0 aliphatic carbocycles. The van der Waals surface area contributed by atoms with Crippen molar-refractivity contribution < 1.29 is 18.8 Å². The zero-order chi connectivity index (χ0) is 19.3. The van der Waals surface area contributed by atoms with Gasteiger partial charge in [0.05, 0.1) is 0 Å². The summed E-state index contributed by atoms with van der Waals surface area (Å²) >= 11 is 1.70. The van der Waals surface area contributed by atoms with Gasteiger partial charge in [-0.1, -0.05) is 22.9 Å². The maximum Gasteiger partial charge on any atom is 0.273 e. The van der Waals surface area contributed by atoms with Gasteiger partial charge in [-0.15, -0.1) is 11.8 Å². The van der Waals surface area contributed by atoms with Crippen LogP contribution in [0.5, 0.6) is 11.5 Å². The molecule has 7 heteroatoms. The summed E-state index contributed by atoms with van der Waals surface area (Å²) in [7, 11) is 0. The summed E-state index contributed by atoms with van der Waals surface area (Å²) in [5.74, 6) is 2.41. The van der Waals surface area contributed by atoms with Gasteiger partial charge in [0.25, 0.3) is 5.91 Å². The van der Waals surface area contributed by atoms with Crippen LogP contribution in [0.4, 0.5) is 0 Å². The number of carbonyl (C=O) groups is 1. The van der Waals surface area contributed by atoms with E-state index in [4.69, 9.17) is 14.0 Å². The van der Waals surface area contributed by atoms with E-state index < -0.39 is 0 Å². The number of rotatable bonds is 6. The Morgan fingerprint density at radius 3 is 2.68 bits per heavy atom. The summed E-state index contributed by atoms with van der Waals surface area (Å²) in [5, 5.41) is 6.75. The lowest BCUT2D eigenvalue weighted by molar-refractivity contribution is 0.0947. The first-order valence-electron chi connectivity index (χ1n) is 9.03. The average molecular weight is 396 g/mol. The van der Waals surface area contributed by atoms with Crippen LogP contribution in [0.2, 0.25) is 0 Å². The van der Waals surface area contributed by atoms with Gasteiger partial charge in [-0.05, 0) is 37.3 Å². The largest absolute Gasteiger partial charge is 0.486 e. The molecular weight excluding hydrogens is 376 g/mol. The minimum atomic E-state index is -0.253. The lowest BCUT2D eigenvalue weighted by Gasteiger charge is -2.18. The van der Waals surface area contributed by atoms with Gasteiger partial charge in [0.2, 0.25) is 0 Å². The minimum absolute atomic E-state index is 0.253. The van der Waals surface area contributed by atoms with Crippen molar-refractivity contribution in [1.82, 2.24) is 10.5 Å². The van der Waals surface area contributed by atoms with Crippen LogP contribution in [-0.4, -0.2) is 36.6 Å². The summed E-state index contributed by atoms with van der Waals surface area (Å²) in [6.07, 6.45) is 0. The van der Waals surface area contributed by atoms with E-state index >= 15 is 0 Å². The number of nitrogens with one attached hydrogen (secondary N) is 1. The van der Waals surface area contributed by atoms with Crippen molar-refractivity contribution in [2.75, 3.05) is 25.5 Å². The molecule has 2 aromatic carbocycles.